The average molecular weight is 304 g/mol. The third-order valence-electron chi connectivity index (χ3n) is 2.94. The molecule has 21 heavy (non-hydrogen) atoms. The van der Waals surface area contributed by atoms with Crippen LogP contribution in [0.1, 0.15) is 29.8 Å². The summed E-state index contributed by atoms with van der Waals surface area (Å²) in [6.07, 6.45) is 0.0508. The second-order valence-electron chi connectivity index (χ2n) is 5.08. The highest BCUT2D eigenvalue weighted by atomic mass is 35.5. The van der Waals surface area contributed by atoms with Gasteiger partial charge >= 0.3 is 0 Å². The Labute approximate surface area is 129 Å². The summed E-state index contributed by atoms with van der Waals surface area (Å²) in [5.74, 6) is 0.460. The number of anilines is 1. The molecule has 2 aromatic carbocycles. The Morgan fingerprint density at radius 3 is 2.52 bits per heavy atom. The van der Waals surface area contributed by atoms with Gasteiger partial charge in [0, 0.05) is 11.3 Å². The summed E-state index contributed by atoms with van der Waals surface area (Å²) in [6, 6.07) is 12.7. The fourth-order valence-electron chi connectivity index (χ4n) is 1.95. The molecular formula is C17H18ClNO2. The van der Waals surface area contributed by atoms with Crippen LogP contribution in [0.5, 0.6) is 5.75 Å². The molecule has 0 unspecified atom stereocenters. The molecule has 0 aliphatic rings. The zero-order chi connectivity index (χ0) is 15.4. The SMILES string of the molecule is Cc1ccccc1C(=O)Nc1ccc(OC(C)C)c(Cl)c1. The largest absolute Gasteiger partial charge is 0.489 e. The van der Waals surface area contributed by atoms with Crippen molar-refractivity contribution in [3.63, 3.8) is 0 Å². The van der Waals surface area contributed by atoms with E-state index in [1.165, 1.54) is 0 Å². The third kappa shape index (κ3) is 3.99. The molecule has 0 saturated heterocycles. The molecule has 4 heteroatoms. The maximum absolute atomic E-state index is 12.2. The maximum Gasteiger partial charge on any atom is 0.255 e. The number of halogens is 1. The number of hydrogen-bond acceptors (Lipinski definition) is 2. The molecule has 110 valence electrons. The van der Waals surface area contributed by atoms with Crippen LogP contribution >= 0.6 is 11.6 Å². The smallest absolute Gasteiger partial charge is 0.255 e. The number of rotatable bonds is 4. The van der Waals surface area contributed by atoms with E-state index in [2.05, 4.69) is 5.32 Å². The lowest BCUT2D eigenvalue weighted by atomic mass is 10.1. The van der Waals surface area contributed by atoms with Gasteiger partial charge in [-0.15, -0.1) is 0 Å². The van der Waals surface area contributed by atoms with Crippen molar-refractivity contribution in [3.8, 4) is 5.75 Å². The molecule has 0 saturated carbocycles. The van der Waals surface area contributed by atoms with Gasteiger partial charge in [0.05, 0.1) is 11.1 Å². The molecule has 0 atom stereocenters. The zero-order valence-corrected chi connectivity index (χ0v) is 13.1. The van der Waals surface area contributed by atoms with Crippen molar-refractivity contribution < 1.29 is 9.53 Å². The summed E-state index contributed by atoms with van der Waals surface area (Å²) >= 11 is 6.16. The van der Waals surface area contributed by atoms with Gasteiger partial charge in [0.15, 0.2) is 0 Å². The lowest BCUT2D eigenvalue weighted by molar-refractivity contribution is 0.102. The molecule has 0 bridgehead atoms. The van der Waals surface area contributed by atoms with E-state index in [0.717, 1.165) is 5.56 Å². The van der Waals surface area contributed by atoms with Crippen molar-refractivity contribution in [2.24, 2.45) is 0 Å². The van der Waals surface area contributed by atoms with Gasteiger partial charge in [0.25, 0.3) is 5.91 Å². The Morgan fingerprint density at radius 1 is 1.19 bits per heavy atom. The molecule has 3 nitrogen and oxygen atoms in total. The molecule has 0 heterocycles. The van der Waals surface area contributed by atoms with E-state index < -0.39 is 0 Å². The summed E-state index contributed by atoms with van der Waals surface area (Å²) in [5, 5.41) is 3.32. The van der Waals surface area contributed by atoms with E-state index in [1.54, 1.807) is 24.3 Å². The van der Waals surface area contributed by atoms with Gasteiger partial charge in [-0.3, -0.25) is 4.79 Å². The van der Waals surface area contributed by atoms with E-state index in [1.807, 2.05) is 39.0 Å². The quantitative estimate of drug-likeness (QED) is 0.890. The Morgan fingerprint density at radius 2 is 1.90 bits per heavy atom. The highest BCUT2D eigenvalue weighted by Gasteiger charge is 2.10. The molecule has 0 spiro atoms. The number of hydrogen-bond donors (Lipinski definition) is 1. The molecule has 0 aliphatic carbocycles. The van der Waals surface area contributed by atoms with Crippen LogP contribution in [-0.4, -0.2) is 12.0 Å². The van der Waals surface area contributed by atoms with E-state index in [9.17, 15) is 4.79 Å². The normalized spacial score (nSPS) is 10.5. The Hall–Kier alpha value is -2.00. The minimum Gasteiger partial charge on any atom is -0.489 e. The van der Waals surface area contributed by atoms with E-state index in [0.29, 0.717) is 22.0 Å². The molecule has 0 radical (unpaired) electrons. The number of aryl methyl sites for hydroxylation is 1. The van der Waals surface area contributed by atoms with Crippen LogP contribution in [0.3, 0.4) is 0 Å². The van der Waals surface area contributed by atoms with Crippen LogP contribution < -0.4 is 10.1 Å². The second kappa shape index (κ2) is 6.64. The highest BCUT2D eigenvalue weighted by molar-refractivity contribution is 6.32. The molecule has 1 N–H and O–H groups in total. The highest BCUT2D eigenvalue weighted by Crippen LogP contribution is 2.28. The summed E-state index contributed by atoms with van der Waals surface area (Å²) in [7, 11) is 0. The van der Waals surface area contributed by atoms with Crippen LogP contribution in [0.4, 0.5) is 5.69 Å². The number of benzene rings is 2. The van der Waals surface area contributed by atoms with Crippen LogP contribution in [0.15, 0.2) is 42.5 Å². The van der Waals surface area contributed by atoms with Gasteiger partial charge in [-0.25, -0.2) is 0 Å². The Balaban J connectivity index is 2.15. The number of carbonyl (C=O) groups excluding carboxylic acids is 1. The minimum atomic E-state index is -0.151. The minimum absolute atomic E-state index is 0.0508. The van der Waals surface area contributed by atoms with E-state index in [-0.39, 0.29) is 12.0 Å². The zero-order valence-electron chi connectivity index (χ0n) is 12.3. The maximum atomic E-state index is 12.2. The lowest BCUT2D eigenvalue weighted by Gasteiger charge is -2.13. The van der Waals surface area contributed by atoms with E-state index >= 15 is 0 Å². The molecule has 2 aromatic rings. The Bertz CT molecular complexity index is 653. The monoisotopic (exact) mass is 303 g/mol. The van der Waals surface area contributed by atoms with Crippen LogP contribution in [-0.2, 0) is 0 Å². The van der Waals surface area contributed by atoms with Gasteiger partial charge in [-0.05, 0) is 50.6 Å². The number of ether oxygens (including phenoxy) is 1. The van der Waals surface area contributed by atoms with E-state index in [4.69, 9.17) is 16.3 Å². The van der Waals surface area contributed by atoms with Crippen molar-refractivity contribution in [1.82, 2.24) is 0 Å². The Kier molecular flexibility index (Phi) is 4.86. The van der Waals surface area contributed by atoms with Crippen molar-refractivity contribution in [2.75, 3.05) is 5.32 Å². The standard InChI is InChI=1S/C17H18ClNO2/c1-11(2)21-16-9-8-13(10-15(16)18)19-17(20)14-7-5-4-6-12(14)3/h4-11H,1-3H3,(H,19,20). The van der Waals surface area contributed by atoms with Crippen molar-refractivity contribution in [1.29, 1.82) is 0 Å². The fraction of sp³-hybridized carbons (Fsp3) is 0.235. The molecular weight excluding hydrogens is 286 g/mol. The van der Waals surface area contributed by atoms with Crippen LogP contribution in [0.2, 0.25) is 5.02 Å². The predicted molar refractivity (Wildman–Crippen MR) is 86.3 cm³/mol. The summed E-state index contributed by atoms with van der Waals surface area (Å²) in [4.78, 5) is 12.2. The first-order valence-corrected chi connectivity index (χ1v) is 7.18. The summed E-state index contributed by atoms with van der Waals surface area (Å²) < 4.78 is 5.56. The lowest BCUT2D eigenvalue weighted by Crippen LogP contribution is -2.13. The topological polar surface area (TPSA) is 38.3 Å². The van der Waals surface area contributed by atoms with Gasteiger partial charge < -0.3 is 10.1 Å². The summed E-state index contributed by atoms with van der Waals surface area (Å²) in [5.41, 5.74) is 2.22. The third-order valence-corrected chi connectivity index (χ3v) is 3.24. The first-order chi connectivity index (χ1) is 9.97. The molecule has 2 rings (SSSR count). The predicted octanol–water partition coefficient (Wildman–Crippen LogP) is 4.69. The number of carbonyl (C=O) groups is 1. The summed E-state index contributed by atoms with van der Waals surface area (Å²) in [6.45, 7) is 5.77. The van der Waals surface area contributed by atoms with Crippen molar-refractivity contribution >= 4 is 23.2 Å². The van der Waals surface area contributed by atoms with Crippen LogP contribution in [0, 0.1) is 6.92 Å². The first-order valence-electron chi connectivity index (χ1n) is 6.80. The fourth-order valence-corrected chi connectivity index (χ4v) is 2.18. The van der Waals surface area contributed by atoms with Crippen LogP contribution in [0.25, 0.3) is 0 Å². The van der Waals surface area contributed by atoms with Crippen molar-refractivity contribution in [2.45, 2.75) is 26.9 Å². The number of nitrogens with one attached hydrogen (secondary N) is 1. The number of amides is 1. The first kappa shape index (κ1) is 15.4. The van der Waals surface area contributed by atoms with Crippen molar-refractivity contribution in [3.05, 3.63) is 58.6 Å². The van der Waals surface area contributed by atoms with Gasteiger partial charge in [0.1, 0.15) is 5.75 Å². The van der Waals surface area contributed by atoms with Gasteiger partial charge in [-0.1, -0.05) is 29.8 Å². The van der Waals surface area contributed by atoms with Gasteiger partial charge in [-0.2, -0.15) is 0 Å². The molecule has 0 fully saturated rings. The molecule has 0 aromatic heterocycles. The average Bonchev–Trinajstić information content (AvgIpc) is 2.42. The van der Waals surface area contributed by atoms with Gasteiger partial charge in [0.2, 0.25) is 0 Å². The molecule has 0 aliphatic heterocycles. The second-order valence-corrected chi connectivity index (χ2v) is 5.49. The molecule has 1 amide bonds.